The molecule has 0 unspecified atom stereocenters. The number of rotatable bonds is 6. The summed E-state index contributed by atoms with van der Waals surface area (Å²) >= 11 is 1.50. The summed E-state index contributed by atoms with van der Waals surface area (Å²) in [5.74, 6) is 0.148. The zero-order valence-electron chi connectivity index (χ0n) is 16.2. The van der Waals surface area contributed by atoms with Gasteiger partial charge >= 0.3 is 5.97 Å². The first kappa shape index (κ1) is 20.1. The summed E-state index contributed by atoms with van der Waals surface area (Å²) in [6.07, 6.45) is 8.35. The van der Waals surface area contributed by atoms with E-state index in [4.69, 9.17) is 9.47 Å². The van der Waals surface area contributed by atoms with Crippen molar-refractivity contribution >= 4 is 34.3 Å². The highest BCUT2D eigenvalue weighted by molar-refractivity contribution is 7.17. The molecule has 1 N–H and O–H groups in total. The number of carbonyl (C=O) groups is 2. The summed E-state index contributed by atoms with van der Waals surface area (Å²) < 4.78 is 10.4. The Morgan fingerprint density at radius 2 is 1.89 bits per heavy atom. The van der Waals surface area contributed by atoms with Gasteiger partial charge in [-0.15, -0.1) is 11.3 Å². The molecular formula is C22H25NO4S. The topological polar surface area (TPSA) is 64.6 Å². The molecule has 5 nitrogen and oxygen atoms in total. The predicted molar refractivity (Wildman–Crippen MR) is 112 cm³/mol. The van der Waals surface area contributed by atoms with Crippen LogP contribution < -0.4 is 10.1 Å². The van der Waals surface area contributed by atoms with Crippen molar-refractivity contribution in [1.29, 1.82) is 0 Å². The van der Waals surface area contributed by atoms with Crippen LogP contribution in [0.15, 0.2) is 30.3 Å². The molecular weight excluding hydrogens is 374 g/mol. The standard InChI is InChI=1S/C22H25NO4S/c1-3-27-22(25)20-17-7-5-4-6-8-18(17)28-21(20)23-19(24)14-11-15-9-12-16(26-2)13-10-15/h9-14H,3-8H2,1-2H3,(H,23,24). The van der Waals surface area contributed by atoms with Gasteiger partial charge in [0, 0.05) is 11.0 Å². The molecule has 1 aromatic heterocycles. The van der Waals surface area contributed by atoms with E-state index in [1.165, 1.54) is 22.3 Å². The second-order valence-electron chi connectivity index (χ2n) is 6.58. The Morgan fingerprint density at radius 3 is 2.61 bits per heavy atom. The van der Waals surface area contributed by atoms with E-state index in [9.17, 15) is 9.59 Å². The van der Waals surface area contributed by atoms with Crippen molar-refractivity contribution in [3.63, 3.8) is 0 Å². The van der Waals surface area contributed by atoms with Crippen molar-refractivity contribution in [3.8, 4) is 5.75 Å². The highest BCUT2D eigenvalue weighted by Gasteiger charge is 2.26. The molecule has 1 aliphatic rings. The van der Waals surface area contributed by atoms with Crippen LogP contribution in [0.2, 0.25) is 0 Å². The number of hydrogen-bond acceptors (Lipinski definition) is 5. The van der Waals surface area contributed by atoms with Crippen molar-refractivity contribution in [2.75, 3.05) is 19.0 Å². The number of anilines is 1. The van der Waals surface area contributed by atoms with Crippen LogP contribution in [0, 0.1) is 0 Å². The molecule has 148 valence electrons. The van der Waals surface area contributed by atoms with Crippen LogP contribution in [-0.4, -0.2) is 25.6 Å². The van der Waals surface area contributed by atoms with E-state index in [0.717, 1.165) is 49.0 Å². The van der Waals surface area contributed by atoms with Gasteiger partial charge in [-0.1, -0.05) is 18.6 Å². The molecule has 0 bridgehead atoms. The first-order valence-electron chi connectivity index (χ1n) is 9.57. The fourth-order valence-corrected chi connectivity index (χ4v) is 4.57. The largest absolute Gasteiger partial charge is 0.497 e. The monoisotopic (exact) mass is 399 g/mol. The van der Waals surface area contributed by atoms with Crippen molar-refractivity contribution in [2.24, 2.45) is 0 Å². The second-order valence-corrected chi connectivity index (χ2v) is 7.69. The molecule has 1 heterocycles. The minimum Gasteiger partial charge on any atom is -0.497 e. The smallest absolute Gasteiger partial charge is 0.341 e. The lowest BCUT2D eigenvalue weighted by molar-refractivity contribution is -0.111. The number of thiophene rings is 1. The van der Waals surface area contributed by atoms with Crippen LogP contribution in [-0.2, 0) is 22.4 Å². The average molecular weight is 400 g/mol. The lowest BCUT2D eigenvalue weighted by atomic mass is 10.1. The van der Waals surface area contributed by atoms with Crippen LogP contribution in [0.5, 0.6) is 5.75 Å². The van der Waals surface area contributed by atoms with Gasteiger partial charge in [-0.3, -0.25) is 4.79 Å². The third kappa shape index (κ3) is 4.81. The van der Waals surface area contributed by atoms with E-state index in [1.807, 2.05) is 24.3 Å². The highest BCUT2D eigenvalue weighted by atomic mass is 32.1. The first-order valence-corrected chi connectivity index (χ1v) is 10.4. The number of carbonyl (C=O) groups excluding carboxylic acids is 2. The Kier molecular flexibility index (Phi) is 6.87. The third-order valence-electron chi connectivity index (χ3n) is 4.68. The number of methoxy groups -OCH3 is 1. The Morgan fingerprint density at radius 1 is 1.14 bits per heavy atom. The van der Waals surface area contributed by atoms with Gasteiger partial charge in [0.15, 0.2) is 0 Å². The van der Waals surface area contributed by atoms with Gasteiger partial charge in [0.05, 0.1) is 19.3 Å². The van der Waals surface area contributed by atoms with E-state index in [1.54, 1.807) is 20.1 Å². The van der Waals surface area contributed by atoms with Gasteiger partial charge in [-0.2, -0.15) is 0 Å². The van der Waals surface area contributed by atoms with E-state index < -0.39 is 0 Å². The number of esters is 1. The summed E-state index contributed by atoms with van der Waals surface area (Å²) in [6.45, 7) is 2.10. The number of ether oxygens (including phenoxy) is 2. The van der Waals surface area contributed by atoms with Gasteiger partial charge < -0.3 is 14.8 Å². The second kappa shape index (κ2) is 9.55. The molecule has 28 heavy (non-hydrogen) atoms. The van der Waals surface area contributed by atoms with Gasteiger partial charge in [0.25, 0.3) is 0 Å². The van der Waals surface area contributed by atoms with E-state index in [0.29, 0.717) is 17.2 Å². The van der Waals surface area contributed by atoms with E-state index in [-0.39, 0.29) is 11.9 Å². The number of nitrogens with one attached hydrogen (secondary N) is 1. The Labute approximate surface area is 169 Å². The Hall–Kier alpha value is -2.60. The molecule has 1 aliphatic carbocycles. The van der Waals surface area contributed by atoms with Crippen molar-refractivity contribution in [1.82, 2.24) is 0 Å². The summed E-state index contributed by atoms with van der Waals surface area (Å²) in [5, 5.41) is 3.48. The number of fused-ring (bicyclic) bond motifs is 1. The molecule has 0 fully saturated rings. The van der Waals surface area contributed by atoms with Crippen molar-refractivity contribution in [3.05, 3.63) is 51.9 Å². The van der Waals surface area contributed by atoms with Crippen molar-refractivity contribution < 1.29 is 19.1 Å². The fraction of sp³-hybridized carbons (Fsp3) is 0.364. The van der Waals surface area contributed by atoms with Crippen molar-refractivity contribution in [2.45, 2.75) is 39.0 Å². The van der Waals surface area contributed by atoms with Gasteiger partial charge in [-0.25, -0.2) is 4.79 Å². The molecule has 2 aromatic rings. The number of aryl methyl sites for hydroxylation is 1. The lowest BCUT2D eigenvalue weighted by Crippen LogP contribution is -2.13. The molecule has 0 spiro atoms. The minimum atomic E-state index is -0.351. The van der Waals surface area contributed by atoms with Crippen LogP contribution in [0.3, 0.4) is 0 Å². The summed E-state index contributed by atoms with van der Waals surface area (Å²) in [4.78, 5) is 26.2. The lowest BCUT2D eigenvalue weighted by Gasteiger charge is -2.07. The Bertz CT molecular complexity index is 867. The molecule has 6 heteroatoms. The van der Waals surface area contributed by atoms with Crippen LogP contribution in [0.25, 0.3) is 6.08 Å². The molecule has 3 rings (SSSR count). The summed E-state index contributed by atoms with van der Waals surface area (Å²) in [5.41, 5.74) is 2.48. The molecule has 1 aromatic carbocycles. The predicted octanol–water partition coefficient (Wildman–Crippen LogP) is 4.85. The summed E-state index contributed by atoms with van der Waals surface area (Å²) in [7, 11) is 1.61. The SMILES string of the molecule is CCOC(=O)c1c(NC(=O)C=Cc2ccc(OC)cc2)sc2c1CCCCC2. The van der Waals surface area contributed by atoms with Crippen LogP contribution >= 0.6 is 11.3 Å². The molecule has 0 radical (unpaired) electrons. The number of hydrogen-bond donors (Lipinski definition) is 1. The fourth-order valence-electron chi connectivity index (χ4n) is 3.29. The summed E-state index contributed by atoms with van der Waals surface area (Å²) in [6, 6.07) is 7.43. The normalized spacial score (nSPS) is 13.6. The molecule has 0 saturated carbocycles. The maximum atomic E-state index is 12.5. The molecule has 0 aliphatic heterocycles. The average Bonchev–Trinajstić information content (AvgIpc) is 2.87. The third-order valence-corrected chi connectivity index (χ3v) is 5.89. The first-order chi connectivity index (χ1) is 13.6. The molecule has 1 amide bonds. The molecule has 0 saturated heterocycles. The zero-order chi connectivity index (χ0) is 19.9. The van der Waals surface area contributed by atoms with Crippen LogP contribution in [0.1, 0.15) is 52.5 Å². The van der Waals surface area contributed by atoms with E-state index >= 15 is 0 Å². The zero-order valence-corrected chi connectivity index (χ0v) is 17.1. The number of benzene rings is 1. The number of amides is 1. The van der Waals surface area contributed by atoms with Gasteiger partial charge in [-0.05, 0) is 61.9 Å². The highest BCUT2D eigenvalue weighted by Crippen LogP contribution is 2.38. The Balaban J connectivity index is 1.79. The maximum absolute atomic E-state index is 12.5. The van der Waals surface area contributed by atoms with Crippen LogP contribution in [0.4, 0.5) is 5.00 Å². The molecule has 0 atom stereocenters. The van der Waals surface area contributed by atoms with Gasteiger partial charge in [0.2, 0.25) is 5.91 Å². The quantitative estimate of drug-likeness (QED) is 0.428. The van der Waals surface area contributed by atoms with E-state index in [2.05, 4.69) is 5.32 Å². The maximum Gasteiger partial charge on any atom is 0.341 e. The minimum absolute atomic E-state index is 0.266. The van der Waals surface area contributed by atoms with Gasteiger partial charge in [0.1, 0.15) is 10.8 Å².